The normalized spacial score (nSPS) is 15.2. The summed E-state index contributed by atoms with van der Waals surface area (Å²) in [5, 5.41) is 5.85. The molecule has 3 aromatic rings. The lowest BCUT2D eigenvalue weighted by Crippen LogP contribution is -2.46. The van der Waals surface area contributed by atoms with Crippen LogP contribution in [0.1, 0.15) is 38.3 Å². The predicted octanol–water partition coefficient (Wildman–Crippen LogP) is 3.31. The lowest BCUT2D eigenvalue weighted by molar-refractivity contribution is 0.178. The summed E-state index contributed by atoms with van der Waals surface area (Å²) < 4.78 is 39.7. The molecule has 1 aromatic carbocycles. The molecule has 0 spiro atoms. The fourth-order valence-electron chi connectivity index (χ4n) is 4.00. The molecule has 0 unspecified atom stereocenters. The summed E-state index contributed by atoms with van der Waals surface area (Å²) in [5.74, 6) is -0.104. The largest absolute Gasteiger partial charge is 0.336 e. The molecule has 9 nitrogen and oxygen atoms in total. The molecule has 33 heavy (non-hydrogen) atoms. The summed E-state index contributed by atoms with van der Waals surface area (Å²) in [6.45, 7) is 5.19. The van der Waals surface area contributed by atoms with Gasteiger partial charge in [-0.15, -0.1) is 0 Å². The van der Waals surface area contributed by atoms with Gasteiger partial charge in [-0.1, -0.05) is 0 Å². The summed E-state index contributed by atoms with van der Waals surface area (Å²) in [4.78, 5) is 22.8. The number of piperidine rings is 1. The number of amides is 2. The number of rotatable bonds is 5. The van der Waals surface area contributed by atoms with Gasteiger partial charge in [0, 0.05) is 55.6 Å². The monoisotopic (exact) mass is 474 g/mol. The van der Waals surface area contributed by atoms with Crippen LogP contribution in [0.25, 0.3) is 5.65 Å². The molecular formula is C22H27FN6O3S. The third-order valence-electron chi connectivity index (χ3n) is 5.69. The van der Waals surface area contributed by atoms with Gasteiger partial charge in [0.05, 0.1) is 10.6 Å². The third kappa shape index (κ3) is 4.92. The minimum absolute atomic E-state index is 0.0406. The molecule has 0 radical (unpaired) electrons. The van der Waals surface area contributed by atoms with Crippen molar-refractivity contribution in [1.29, 1.82) is 0 Å². The van der Waals surface area contributed by atoms with E-state index in [-0.39, 0.29) is 28.6 Å². The molecular weight excluding hydrogens is 447 g/mol. The smallest absolute Gasteiger partial charge is 0.317 e. The van der Waals surface area contributed by atoms with Crippen LogP contribution in [-0.4, -0.2) is 59.1 Å². The maximum absolute atomic E-state index is 14.5. The van der Waals surface area contributed by atoms with Crippen molar-refractivity contribution in [1.82, 2.24) is 24.6 Å². The van der Waals surface area contributed by atoms with Crippen LogP contribution in [0, 0.1) is 5.82 Å². The fourth-order valence-corrected chi connectivity index (χ4v) is 4.63. The first-order valence-corrected chi connectivity index (χ1v) is 12.7. The summed E-state index contributed by atoms with van der Waals surface area (Å²) in [6, 6.07) is 3.76. The maximum Gasteiger partial charge on any atom is 0.317 e. The van der Waals surface area contributed by atoms with Gasteiger partial charge in [0.1, 0.15) is 5.82 Å². The fraction of sp³-hybridized carbons (Fsp3) is 0.409. The van der Waals surface area contributed by atoms with Crippen molar-refractivity contribution in [2.45, 2.75) is 43.5 Å². The average molecular weight is 475 g/mol. The Labute approximate surface area is 192 Å². The highest BCUT2D eigenvalue weighted by molar-refractivity contribution is 7.90. The minimum Gasteiger partial charge on any atom is -0.336 e. The summed E-state index contributed by atoms with van der Waals surface area (Å²) >= 11 is 0. The number of hydrogen-bond acceptors (Lipinski definition) is 6. The van der Waals surface area contributed by atoms with Crippen molar-refractivity contribution in [2.24, 2.45) is 0 Å². The van der Waals surface area contributed by atoms with E-state index < -0.39 is 15.7 Å². The zero-order valence-corrected chi connectivity index (χ0v) is 19.6. The molecule has 3 heterocycles. The van der Waals surface area contributed by atoms with Gasteiger partial charge >= 0.3 is 6.03 Å². The van der Waals surface area contributed by atoms with E-state index in [1.54, 1.807) is 12.4 Å². The van der Waals surface area contributed by atoms with Crippen LogP contribution < -0.4 is 10.6 Å². The lowest BCUT2D eigenvalue weighted by Gasteiger charge is -2.32. The molecule has 0 saturated carbocycles. The third-order valence-corrected chi connectivity index (χ3v) is 6.80. The number of hydrogen-bond donors (Lipinski definition) is 2. The molecule has 2 N–H and O–H groups in total. The van der Waals surface area contributed by atoms with Gasteiger partial charge in [-0.05, 0) is 44.9 Å². The first-order valence-electron chi connectivity index (χ1n) is 10.8. The number of nitrogens with zero attached hydrogens (tertiary/aromatic N) is 4. The van der Waals surface area contributed by atoms with Crippen LogP contribution in [0.3, 0.4) is 0 Å². The van der Waals surface area contributed by atoms with Gasteiger partial charge < -0.3 is 15.5 Å². The number of urea groups is 1. The SMILES string of the molecule is CC(C)NC(=O)N1CCC(c2cnc3c(Nc4ccc(S(C)(=O)=O)cc4F)nccn23)CC1. The van der Waals surface area contributed by atoms with Crippen molar-refractivity contribution in [2.75, 3.05) is 24.7 Å². The number of carbonyl (C=O) groups excluding carboxylic acids is 1. The molecule has 11 heteroatoms. The van der Waals surface area contributed by atoms with Gasteiger partial charge in [-0.2, -0.15) is 0 Å². The summed E-state index contributed by atoms with van der Waals surface area (Å²) in [7, 11) is -3.50. The topological polar surface area (TPSA) is 109 Å². The standard InChI is InChI=1S/C22H27FN6O3S/c1-14(2)26-22(30)28-9-6-15(7-10-28)19-13-25-21-20(24-8-11-29(19)21)27-18-5-4-16(12-17(18)23)33(3,31)32/h4-5,8,11-15H,6-7,9-10H2,1-3H3,(H,24,27)(H,26,30). The van der Waals surface area contributed by atoms with Crippen molar-refractivity contribution in [3.8, 4) is 0 Å². The molecule has 176 valence electrons. The molecule has 2 amide bonds. The number of anilines is 2. The number of carbonyl (C=O) groups is 1. The molecule has 4 rings (SSSR count). The number of nitrogens with one attached hydrogen (secondary N) is 2. The number of likely N-dealkylation sites (tertiary alicyclic amines) is 1. The summed E-state index contributed by atoms with van der Waals surface area (Å²) in [5.41, 5.74) is 1.66. The van der Waals surface area contributed by atoms with E-state index in [9.17, 15) is 17.6 Å². The highest BCUT2D eigenvalue weighted by Crippen LogP contribution is 2.31. The zero-order valence-electron chi connectivity index (χ0n) is 18.7. The Morgan fingerprint density at radius 1 is 1.21 bits per heavy atom. The molecule has 1 aliphatic heterocycles. The Morgan fingerprint density at radius 2 is 1.94 bits per heavy atom. The van der Waals surface area contributed by atoms with E-state index in [1.165, 1.54) is 12.1 Å². The highest BCUT2D eigenvalue weighted by Gasteiger charge is 2.26. The van der Waals surface area contributed by atoms with Crippen LogP contribution >= 0.6 is 0 Å². The van der Waals surface area contributed by atoms with E-state index in [1.807, 2.05) is 29.3 Å². The number of fused-ring (bicyclic) bond motifs is 1. The maximum atomic E-state index is 14.5. The number of halogens is 1. The van der Waals surface area contributed by atoms with Gasteiger partial charge in [-0.25, -0.2) is 27.6 Å². The Balaban J connectivity index is 1.53. The Hall–Kier alpha value is -3.21. The van der Waals surface area contributed by atoms with Gasteiger partial charge in [-0.3, -0.25) is 4.40 Å². The Morgan fingerprint density at radius 3 is 2.58 bits per heavy atom. The van der Waals surface area contributed by atoms with E-state index >= 15 is 0 Å². The first kappa shape index (κ1) is 23.0. The second-order valence-corrected chi connectivity index (χ2v) is 10.6. The second kappa shape index (κ2) is 8.97. The molecule has 1 aliphatic rings. The Kier molecular flexibility index (Phi) is 6.24. The van der Waals surface area contributed by atoms with Gasteiger partial charge in [0.25, 0.3) is 0 Å². The zero-order chi connectivity index (χ0) is 23.8. The van der Waals surface area contributed by atoms with Gasteiger partial charge in [0.2, 0.25) is 0 Å². The van der Waals surface area contributed by atoms with E-state index in [2.05, 4.69) is 20.6 Å². The van der Waals surface area contributed by atoms with Crippen LogP contribution in [0.2, 0.25) is 0 Å². The molecule has 0 atom stereocenters. The molecule has 2 aromatic heterocycles. The number of benzene rings is 1. The predicted molar refractivity (Wildman–Crippen MR) is 123 cm³/mol. The van der Waals surface area contributed by atoms with E-state index in [0.717, 1.165) is 30.9 Å². The quantitative estimate of drug-likeness (QED) is 0.587. The van der Waals surface area contributed by atoms with Gasteiger partial charge in [0.15, 0.2) is 21.3 Å². The van der Waals surface area contributed by atoms with Crippen molar-refractivity contribution < 1.29 is 17.6 Å². The van der Waals surface area contributed by atoms with Crippen LogP contribution in [0.15, 0.2) is 41.7 Å². The number of sulfone groups is 1. The highest BCUT2D eigenvalue weighted by atomic mass is 32.2. The molecule has 1 fully saturated rings. The van der Waals surface area contributed by atoms with E-state index in [4.69, 9.17) is 0 Å². The number of imidazole rings is 1. The second-order valence-electron chi connectivity index (χ2n) is 8.56. The van der Waals surface area contributed by atoms with Crippen molar-refractivity contribution in [3.63, 3.8) is 0 Å². The Bertz CT molecular complexity index is 1280. The van der Waals surface area contributed by atoms with E-state index in [0.29, 0.717) is 24.6 Å². The van der Waals surface area contributed by atoms with Crippen molar-refractivity contribution in [3.05, 3.63) is 48.3 Å². The van der Waals surface area contributed by atoms with Crippen LogP contribution in [0.4, 0.5) is 20.7 Å². The lowest BCUT2D eigenvalue weighted by atomic mass is 9.94. The van der Waals surface area contributed by atoms with Crippen molar-refractivity contribution >= 4 is 33.0 Å². The van der Waals surface area contributed by atoms with Crippen LogP contribution in [-0.2, 0) is 9.84 Å². The molecule has 0 aliphatic carbocycles. The van der Waals surface area contributed by atoms with Crippen LogP contribution in [0.5, 0.6) is 0 Å². The number of aromatic nitrogens is 3. The summed E-state index contributed by atoms with van der Waals surface area (Å²) in [6.07, 6.45) is 7.86. The average Bonchev–Trinajstić information content (AvgIpc) is 3.19. The first-order chi connectivity index (χ1) is 15.6. The molecule has 1 saturated heterocycles. The molecule has 0 bridgehead atoms. The minimum atomic E-state index is -3.50.